The summed E-state index contributed by atoms with van der Waals surface area (Å²) in [6.45, 7) is 0. The highest BCUT2D eigenvalue weighted by molar-refractivity contribution is 7.86. The number of hydrogen-bond donors (Lipinski definition) is 0. The van der Waals surface area contributed by atoms with E-state index in [2.05, 4.69) is 196 Å². The molecular weight excluding hydrogens is 738 g/mol. The summed E-state index contributed by atoms with van der Waals surface area (Å²) in [4.78, 5) is 2.34. The highest BCUT2D eigenvalue weighted by atomic mass is 31.2. The van der Waals surface area contributed by atoms with Crippen LogP contribution in [0.15, 0.2) is 218 Å². The van der Waals surface area contributed by atoms with Crippen LogP contribution in [0.5, 0.6) is 0 Å². The van der Waals surface area contributed by atoms with Gasteiger partial charge in [0, 0.05) is 71.5 Å². The van der Waals surface area contributed by atoms with Crippen LogP contribution >= 0.6 is 7.14 Å². The Hall–Kier alpha value is -7.39. The molecule has 278 valence electrons. The number of rotatable bonds is 6. The van der Waals surface area contributed by atoms with E-state index in [1.165, 1.54) is 21.7 Å². The lowest BCUT2D eigenvalue weighted by Gasteiger charge is -2.26. The average Bonchev–Trinajstić information content (AvgIpc) is 3.91. The van der Waals surface area contributed by atoms with Crippen LogP contribution in [0.3, 0.4) is 0 Å². The van der Waals surface area contributed by atoms with Gasteiger partial charge in [0.15, 0.2) is 7.14 Å². The topological polar surface area (TPSA) is 30.2 Å². The molecule has 2 aromatic heterocycles. The van der Waals surface area contributed by atoms with Gasteiger partial charge in [0.25, 0.3) is 0 Å². The number of hydrogen-bond acceptors (Lipinski definition) is 2. The largest absolute Gasteiger partial charge is 0.310 e. The number of anilines is 3. The molecule has 0 N–H and O–H groups in total. The lowest BCUT2D eigenvalue weighted by atomic mass is 10.0. The van der Waals surface area contributed by atoms with E-state index in [9.17, 15) is 0 Å². The maximum absolute atomic E-state index is 15.6. The summed E-state index contributed by atoms with van der Waals surface area (Å²) in [5, 5.41) is 7.43. The molecule has 0 saturated heterocycles. The highest BCUT2D eigenvalue weighted by Crippen LogP contribution is 2.55. The molecule has 5 heteroatoms. The van der Waals surface area contributed by atoms with Gasteiger partial charge < -0.3 is 18.6 Å². The number of para-hydroxylation sites is 4. The first-order valence-corrected chi connectivity index (χ1v) is 21.8. The maximum Gasteiger partial charge on any atom is 0.172 e. The van der Waals surface area contributed by atoms with Crippen molar-refractivity contribution in [1.29, 1.82) is 0 Å². The van der Waals surface area contributed by atoms with Crippen molar-refractivity contribution in [3.8, 4) is 22.5 Å². The number of benzene rings is 9. The molecule has 0 amide bonds. The van der Waals surface area contributed by atoms with E-state index in [0.29, 0.717) is 0 Å². The minimum Gasteiger partial charge on any atom is -0.310 e. The zero-order valence-electron chi connectivity index (χ0n) is 32.0. The molecule has 0 spiro atoms. The summed E-state index contributed by atoms with van der Waals surface area (Å²) in [5.41, 5.74) is 12.0. The fourth-order valence-electron chi connectivity index (χ4n) is 9.58. The summed E-state index contributed by atoms with van der Waals surface area (Å²) >= 11 is 0. The SMILES string of the molecule is O=P1(c2ccccc2)c2ccccc2-c2c1ccc1c3ccccc3n(-c3ccc(N(c4ccccc4)c4ccc5c6ccccc6n(-c6ccccc6)c5c4)cc3)c21. The fourth-order valence-corrected chi connectivity index (χ4v) is 12.6. The van der Waals surface area contributed by atoms with Gasteiger partial charge >= 0.3 is 0 Å². The maximum atomic E-state index is 15.6. The molecule has 1 atom stereocenters. The molecule has 12 rings (SSSR count). The first-order valence-electron chi connectivity index (χ1n) is 20.1. The predicted molar refractivity (Wildman–Crippen MR) is 248 cm³/mol. The summed E-state index contributed by atoms with van der Waals surface area (Å²) < 4.78 is 20.3. The van der Waals surface area contributed by atoms with Crippen molar-refractivity contribution in [2.24, 2.45) is 0 Å². The number of aromatic nitrogens is 2. The molecule has 11 aromatic rings. The summed E-state index contributed by atoms with van der Waals surface area (Å²) in [6.07, 6.45) is 0. The molecular formula is C54H36N3OP. The van der Waals surface area contributed by atoms with Gasteiger partial charge in [-0.05, 0) is 84.4 Å². The van der Waals surface area contributed by atoms with Gasteiger partial charge in [-0.1, -0.05) is 140 Å². The first kappa shape index (κ1) is 33.7. The van der Waals surface area contributed by atoms with Crippen molar-refractivity contribution in [1.82, 2.24) is 9.13 Å². The van der Waals surface area contributed by atoms with Crippen molar-refractivity contribution >= 4 is 83.7 Å². The Bertz CT molecular complexity index is 3460. The molecule has 0 aliphatic carbocycles. The van der Waals surface area contributed by atoms with Gasteiger partial charge in [-0.3, -0.25) is 0 Å². The second-order valence-electron chi connectivity index (χ2n) is 15.2. The third-order valence-corrected chi connectivity index (χ3v) is 15.2. The van der Waals surface area contributed by atoms with Gasteiger partial charge in [0.2, 0.25) is 0 Å². The quantitative estimate of drug-likeness (QED) is 0.158. The Morgan fingerprint density at radius 2 is 0.898 bits per heavy atom. The zero-order valence-corrected chi connectivity index (χ0v) is 32.9. The molecule has 0 radical (unpaired) electrons. The van der Waals surface area contributed by atoms with Crippen molar-refractivity contribution in [3.05, 3.63) is 218 Å². The molecule has 3 heterocycles. The Kier molecular flexibility index (Phi) is 7.47. The van der Waals surface area contributed by atoms with E-state index in [1.807, 2.05) is 36.4 Å². The number of fused-ring (bicyclic) bond motifs is 10. The van der Waals surface area contributed by atoms with Gasteiger partial charge in [-0.25, -0.2) is 0 Å². The zero-order chi connectivity index (χ0) is 39.1. The molecule has 0 fully saturated rings. The molecule has 9 aromatic carbocycles. The lowest BCUT2D eigenvalue weighted by molar-refractivity contribution is 0.593. The molecule has 0 bridgehead atoms. The van der Waals surface area contributed by atoms with E-state index in [-0.39, 0.29) is 0 Å². The predicted octanol–water partition coefficient (Wildman–Crippen LogP) is 13.0. The van der Waals surface area contributed by atoms with E-state index in [4.69, 9.17) is 0 Å². The van der Waals surface area contributed by atoms with Crippen LogP contribution in [0.4, 0.5) is 17.1 Å². The third-order valence-electron chi connectivity index (χ3n) is 12.1. The van der Waals surface area contributed by atoms with Crippen LogP contribution in [0.1, 0.15) is 0 Å². The average molecular weight is 774 g/mol. The first-order chi connectivity index (χ1) is 29.2. The van der Waals surface area contributed by atoms with Crippen LogP contribution in [-0.2, 0) is 4.57 Å². The monoisotopic (exact) mass is 773 g/mol. The van der Waals surface area contributed by atoms with Gasteiger partial charge in [0.05, 0.1) is 22.1 Å². The Morgan fingerprint density at radius 3 is 1.64 bits per heavy atom. The summed E-state index contributed by atoms with van der Waals surface area (Å²) in [7, 11) is -3.12. The Morgan fingerprint density at radius 1 is 0.373 bits per heavy atom. The summed E-state index contributed by atoms with van der Waals surface area (Å²) in [5.74, 6) is 0. The van der Waals surface area contributed by atoms with E-state index in [0.717, 1.165) is 77.4 Å². The van der Waals surface area contributed by atoms with Gasteiger partial charge in [-0.15, -0.1) is 0 Å². The highest BCUT2D eigenvalue weighted by Gasteiger charge is 2.41. The second kappa shape index (κ2) is 13.1. The fraction of sp³-hybridized carbons (Fsp3) is 0. The Labute approximate surface area is 341 Å². The number of nitrogens with zero attached hydrogens (tertiary/aromatic N) is 3. The Balaban J connectivity index is 1.06. The van der Waals surface area contributed by atoms with Crippen molar-refractivity contribution in [2.75, 3.05) is 4.90 Å². The molecule has 1 unspecified atom stereocenters. The minimum absolute atomic E-state index is 0.862. The van der Waals surface area contributed by atoms with Crippen LogP contribution in [0.25, 0.3) is 66.1 Å². The third kappa shape index (κ3) is 4.94. The van der Waals surface area contributed by atoms with Gasteiger partial charge in [-0.2, -0.15) is 0 Å². The van der Waals surface area contributed by atoms with E-state index >= 15 is 4.57 Å². The molecule has 1 aliphatic rings. The van der Waals surface area contributed by atoms with Crippen LogP contribution in [0, 0.1) is 0 Å². The lowest BCUT2D eigenvalue weighted by Crippen LogP contribution is -2.20. The smallest absolute Gasteiger partial charge is 0.172 e. The van der Waals surface area contributed by atoms with E-state index in [1.54, 1.807) is 0 Å². The normalized spacial score (nSPS) is 14.6. The molecule has 59 heavy (non-hydrogen) atoms. The van der Waals surface area contributed by atoms with Crippen LogP contribution in [-0.4, -0.2) is 9.13 Å². The minimum atomic E-state index is -3.12. The molecule has 4 nitrogen and oxygen atoms in total. The standard InChI is InChI=1S/C54H36N3OP/c58-59(42-20-8-3-9-21-42)51-27-15-12-24-47(51)53-52(59)35-34-46-44-23-11-14-26-49(44)57(54(46)53)40-30-28-39(29-31-40)55(37-16-4-1-5-17-37)41-32-33-45-43-22-10-13-25-48(43)56(50(45)36-41)38-18-6-2-7-19-38/h1-36H. The van der Waals surface area contributed by atoms with Crippen molar-refractivity contribution in [2.45, 2.75) is 0 Å². The summed E-state index contributed by atoms with van der Waals surface area (Å²) in [6, 6.07) is 76.9. The van der Waals surface area contributed by atoms with E-state index < -0.39 is 7.14 Å². The molecule has 1 aliphatic heterocycles. The van der Waals surface area contributed by atoms with Crippen molar-refractivity contribution in [3.63, 3.8) is 0 Å². The second-order valence-corrected chi connectivity index (χ2v) is 17.9. The molecule has 0 saturated carbocycles. The van der Waals surface area contributed by atoms with Crippen molar-refractivity contribution < 1.29 is 4.57 Å². The van der Waals surface area contributed by atoms with Crippen LogP contribution in [0.2, 0.25) is 0 Å². The van der Waals surface area contributed by atoms with Gasteiger partial charge in [0.1, 0.15) is 0 Å². The van der Waals surface area contributed by atoms with Crippen LogP contribution < -0.4 is 20.8 Å².